The van der Waals surface area contributed by atoms with Crippen molar-refractivity contribution in [3.63, 3.8) is 0 Å². The fourth-order valence-electron chi connectivity index (χ4n) is 1.97. The molecule has 0 amide bonds. The quantitative estimate of drug-likeness (QED) is 0.778. The second kappa shape index (κ2) is 4.73. The van der Waals surface area contributed by atoms with Crippen LogP contribution in [-0.4, -0.2) is 10.1 Å². The summed E-state index contributed by atoms with van der Waals surface area (Å²) in [6, 6.07) is 6.57. The molecule has 20 heavy (non-hydrogen) atoms. The number of halogens is 2. The predicted molar refractivity (Wildman–Crippen MR) is 69.5 cm³/mol. The standard InChI is InChI=1S/C14H9F2N3O/c15-10-4-9(5-11(16)6-10)13-12(14(17)19-20-13)8-2-1-3-18-7-8/h1-7H,(H2,17,19). The second-order valence-corrected chi connectivity index (χ2v) is 4.17. The number of nitrogens with two attached hydrogens (primary N) is 1. The summed E-state index contributed by atoms with van der Waals surface area (Å²) >= 11 is 0. The molecule has 0 radical (unpaired) electrons. The lowest BCUT2D eigenvalue weighted by Gasteiger charge is -2.03. The average molecular weight is 273 g/mol. The summed E-state index contributed by atoms with van der Waals surface area (Å²) in [4.78, 5) is 3.98. The molecule has 0 aliphatic rings. The van der Waals surface area contributed by atoms with E-state index < -0.39 is 11.6 Å². The maximum absolute atomic E-state index is 13.3. The van der Waals surface area contributed by atoms with Crippen molar-refractivity contribution in [2.24, 2.45) is 0 Å². The lowest BCUT2D eigenvalue weighted by atomic mass is 10.0. The third-order valence-electron chi connectivity index (χ3n) is 2.79. The van der Waals surface area contributed by atoms with E-state index in [1.807, 2.05) is 0 Å². The Bertz CT molecular complexity index is 736. The molecule has 0 aliphatic heterocycles. The Hall–Kier alpha value is -2.76. The molecule has 0 fully saturated rings. The summed E-state index contributed by atoms with van der Waals surface area (Å²) in [5.74, 6) is -1.06. The van der Waals surface area contributed by atoms with Crippen molar-refractivity contribution in [1.29, 1.82) is 0 Å². The molecule has 0 saturated heterocycles. The molecule has 0 atom stereocenters. The number of aromatic nitrogens is 2. The Labute approximate surface area is 112 Å². The molecule has 3 rings (SSSR count). The molecule has 2 N–H and O–H groups in total. The highest BCUT2D eigenvalue weighted by atomic mass is 19.1. The average Bonchev–Trinajstić information content (AvgIpc) is 2.80. The zero-order valence-electron chi connectivity index (χ0n) is 10.2. The minimum atomic E-state index is -0.702. The Balaban J connectivity index is 2.21. The summed E-state index contributed by atoms with van der Waals surface area (Å²) in [6.45, 7) is 0. The molecule has 0 saturated carbocycles. The van der Waals surface area contributed by atoms with Gasteiger partial charge >= 0.3 is 0 Å². The van der Waals surface area contributed by atoms with Crippen molar-refractivity contribution >= 4 is 5.82 Å². The maximum atomic E-state index is 13.3. The number of pyridine rings is 1. The van der Waals surface area contributed by atoms with Crippen molar-refractivity contribution in [1.82, 2.24) is 10.1 Å². The fraction of sp³-hybridized carbons (Fsp3) is 0. The van der Waals surface area contributed by atoms with Crippen molar-refractivity contribution in [2.75, 3.05) is 5.73 Å². The maximum Gasteiger partial charge on any atom is 0.177 e. The number of nitrogen functional groups attached to an aromatic ring is 1. The van der Waals surface area contributed by atoms with Crippen molar-refractivity contribution in [3.05, 3.63) is 54.4 Å². The minimum absolute atomic E-state index is 0.137. The molecule has 6 heteroatoms. The lowest BCUT2D eigenvalue weighted by Crippen LogP contribution is -1.90. The van der Waals surface area contributed by atoms with Gasteiger partial charge in [-0.25, -0.2) is 8.78 Å². The molecule has 0 spiro atoms. The van der Waals surface area contributed by atoms with Crippen molar-refractivity contribution in [3.8, 4) is 22.5 Å². The largest absolute Gasteiger partial charge is 0.380 e. The molecule has 2 aromatic heterocycles. The number of nitrogens with zero attached hydrogens (tertiary/aromatic N) is 2. The van der Waals surface area contributed by atoms with Crippen LogP contribution >= 0.6 is 0 Å². The normalized spacial score (nSPS) is 10.7. The lowest BCUT2D eigenvalue weighted by molar-refractivity contribution is 0.435. The van der Waals surface area contributed by atoms with E-state index in [4.69, 9.17) is 10.3 Å². The number of anilines is 1. The van der Waals surface area contributed by atoms with Gasteiger partial charge in [-0.3, -0.25) is 4.98 Å². The smallest absolute Gasteiger partial charge is 0.177 e. The van der Waals surface area contributed by atoms with Gasteiger partial charge in [0.2, 0.25) is 0 Å². The van der Waals surface area contributed by atoms with Gasteiger partial charge in [0.25, 0.3) is 0 Å². The topological polar surface area (TPSA) is 64.9 Å². The molecular weight excluding hydrogens is 264 g/mol. The first kappa shape index (κ1) is 12.3. The van der Waals surface area contributed by atoms with Crippen LogP contribution in [-0.2, 0) is 0 Å². The SMILES string of the molecule is Nc1noc(-c2cc(F)cc(F)c2)c1-c1cccnc1. The summed E-state index contributed by atoms with van der Waals surface area (Å²) in [6.07, 6.45) is 3.18. The van der Waals surface area contributed by atoms with Crippen molar-refractivity contribution < 1.29 is 13.3 Å². The zero-order valence-corrected chi connectivity index (χ0v) is 10.2. The predicted octanol–water partition coefficient (Wildman–Crippen LogP) is 3.26. The molecule has 4 nitrogen and oxygen atoms in total. The monoisotopic (exact) mass is 273 g/mol. The van der Waals surface area contributed by atoms with E-state index in [0.29, 0.717) is 11.1 Å². The van der Waals surface area contributed by atoms with Crippen LogP contribution in [0.5, 0.6) is 0 Å². The molecule has 100 valence electrons. The highest BCUT2D eigenvalue weighted by Crippen LogP contribution is 2.36. The molecule has 0 bridgehead atoms. The van der Waals surface area contributed by atoms with Gasteiger partial charge in [-0.05, 0) is 18.2 Å². The highest BCUT2D eigenvalue weighted by Gasteiger charge is 2.18. The van der Waals surface area contributed by atoms with Crippen LogP contribution in [0.15, 0.2) is 47.2 Å². The van der Waals surface area contributed by atoms with E-state index in [1.54, 1.807) is 24.5 Å². The Kier molecular flexibility index (Phi) is 2.90. The Morgan fingerprint density at radius 2 is 1.80 bits per heavy atom. The van der Waals surface area contributed by atoms with Crippen LogP contribution < -0.4 is 5.73 Å². The molecule has 1 aromatic carbocycles. The van der Waals surface area contributed by atoms with Crippen LogP contribution in [0.2, 0.25) is 0 Å². The summed E-state index contributed by atoms with van der Waals surface area (Å²) in [5.41, 5.74) is 7.11. The van der Waals surface area contributed by atoms with E-state index >= 15 is 0 Å². The van der Waals surface area contributed by atoms with E-state index in [0.717, 1.165) is 18.2 Å². The molecule has 0 unspecified atom stereocenters. The number of hydrogen-bond donors (Lipinski definition) is 1. The van der Waals surface area contributed by atoms with E-state index in [1.165, 1.54) is 0 Å². The van der Waals surface area contributed by atoms with E-state index in [9.17, 15) is 8.78 Å². The van der Waals surface area contributed by atoms with Gasteiger partial charge in [-0.15, -0.1) is 0 Å². The van der Waals surface area contributed by atoms with Gasteiger partial charge < -0.3 is 10.3 Å². The molecular formula is C14H9F2N3O. The van der Waals surface area contributed by atoms with Gasteiger partial charge in [0.05, 0.1) is 5.56 Å². The fourth-order valence-corrected chi connectivity index (χ4v) is 1.97. The van der Waals surface area contributed by atoms with Crippen LogP contribution in [0.1, 0.15) is 0 Å². The number of rotatable bonds is 2. The van der Waals surface area contributed by atoms with Gasteiger partial charge in [-0.2, -0.15) is 0 Å². The summed E-state index contributed by atoms with van der Waals surface area (Å²) in [5, 5.41) is 3.66. The molecule has 2 heterocycles. The molecule has 0 aliphatic carbocycles. The first-order chi connectivity index (χ1) is 9.65. The number of hydrogen-bond acceptors (Lipinski definition) is 4. The first-order valence-corrected chi connectivity index (χ1v) is 5.77. The molecule has 3 aromatic rings. The van der Waals surface area contributed by atoms with Crippen molar-refractivity contribution in [2.45, 2.75) is 0 Å². The van der Waals surface area contributed by atoms with Gasteiger partial charge in [0.15, 0.2) is 11.6 Å². The van der Waals surface area contributed by atoms with E-state index in [2.05, 4.69) is 10.1 Å². The van der Waals surface area contributed by atoms with Gasteiger partial charge in [0, 0.05) is 29.6 Å². The minimum Gasteiger partial charge on any atom is -0.380 e. The van der Waals surface area contributed by atoms with Crippen LogP contribution in [0, 0.1) is 11.6 Å². The Morgan fingerprint density at radius 1 is 1.05 bits per heavy atom. The zero-order chi connectivity index (χ0) is 14.1. The second-order valence-electron chi connectivity index (χ2n) is 4.17. The summed E-state index contributed by atoms with van der Waals surface area (Å²) in [7, 11) is 0. The van der Waals surface area contributed by atoms with Crippen LogP contribution in [0.4, 0.5) is 14.6 Å². The Morgan fingerprint density at radius 3 is 2.45 bits per heavy atom. The van der Waals surface area contributed by atoms with Crippen LogP contribution in [0.3, 0.4) is 0 Å². The van der Waals surface area contributed by atoms with Crippen LogP contribution in [0.25, 0.3) is 22.5 Å². The third-order valence-corrected chi connectivity index (χ3v) is 2.79. The summed E-state index contributed by atoms with van der Waals surface area (Å²) < 4.78 is 31.7. The number of benzene rings is 1. The van der Waals surface area contributed by atoms with E-state index in [-0.39, 0.29) is 17.1 Å². The van der Waals surface area contributed by atoms with Gasteiger partial charge in [-0.1, -0.05) is 11.2 Å². The highest BCUT2D eigenvalue weighted by molar-refractivity contribution is 5.86. The first-order valence-electron chi connectivity index (χ1n) is 5.77. The third kappa shape index (κ3) is 2.11. The van der Waals surface area contributed by atoms with Gasteiger partial charge in [0.1, 0.15) is 11.6 Å².